The van der Waals surface area contributed by atoms with Gasteiger partial charge in [-0.2, -0.15) is 4.31 Å². The normalized spacial score (nSPS) is 15.7. The number of aromatic nitrogens is 1. The van der Waals surface area contributed by atoms with Crippen molar-refractivity contribution >= 4 is 64.0 Å². The Morgan fingerprint density at radius 2 is 1.60 bits per heavy atom. The molecule has 1 saturated heterocycles. The van der Waals surface area contributed by atoms with Gasteiger partial charge in [0.15, 0.2) is 15.0 Å². The van der Waals surface area contributed by atoms with Crippen LogP contribution in [0.4, 0.5) is 10.8 Å². The van der Waals surface area contributed by atoms with E-state index < -0.39 is 19.9 Å². The topological polar surface area (TPSA) is 143 Å². The third-order valence-corrected chi connectivity index (χ3v) is 9.63. The minimum Gasteiger partial charge on any atom is -0.326 e. The maximum Gasteiger partial charge on any atom is 0.243 e. The molecule has 0 saturated carbocycles. The zero-order chi connectivity index (χ0) is 25.4. The van der Waals surface area contributed by atoms with Gasteiger partial charge in [0.2, 0.25) is 21.8 Å². The van der Waals surface area contributed by atoms with E-state index in [1.807, 2.05) is 0 Å². The average molecular weight is 537 g/mol. The quantitative estimate of drug-likeness (QED) is 0.493. The number of carbonyl (C=O) groups excluding carboxylic acids is 2. The molecule has 2 aromatic carbocycles. The summed E-state index contributed by atoms with van der Waals surface area (Å²) in [6.45, 7) is 1.77. The van der Waals surface area contributed by atoms with Crippen molar-refractivity contribution in [2.24, 2.45) is 5.92 Å². The highest BCUT2D eigenvalue weighted by Crippen LogP contribution is 2.30. The van der Waals surface area contributed by atoms with E-state index in [0.717, 1.165) is 11.0 Å². The lowest BCUT2D eigenvalue weighted by atomic mass is 9.97. The first-order valence-corrected chi connectivity index (χ1v) is 14.9. The van der Waals surface area contributed by atoms with Crippen LogP contribution in [0.2, 0.25) is 0 Å². The molecule has 3 aromatic rings. The van der Waals surface area contributed by atoms with Crippen LogP contribution in [0, 0.1) is 5.92 Å². The molecule has 1 aliphatic rings. The van der Waals surface area contributed by atoms with Crippen LogP contribution in [0.3, 0.4) is 0 Å². The largest absolute Gasteiger partial charge is 0.326 e. The highest BCUT2D eigenvalue weighted by molar-refractivity contribution is 7.90. The Hall–Kier alpha value is -2.87. The van der Waals surface area contributed by atoms with Gasteiger partial charge < -0.3 is 10.6 Å². The maximum absolute atomic E-state index is 13.0. The minimum absolute atomic E-state index is 0.0147. The van der Waals surface area contributed by atoms with E-state index in [2.05, 4.69) is 15.6 Å². The van der Waals surface area contributed by atoms with Crippen LogP contribution in [-0.2, 0) is 29.4 Å². The first-order valence-electron chi connectivity index (χ1n) is 10.7. The van der Waals surface area contributed by atoms with Crippen LogP contribution in [0.1, 0.15) is 19.8 Å². The number of sulfone groups is 1. The van der Waals surface area contributed by atoms with E-state index in [1.54, 1.807) is 18.2 Å². The predicted octanol–water partition coefficient (Wildman–Crippen LogP) is 2.70. The van der Waals surface area contributed by atoms with Crippen LogP contribution in [0.5, 0.6) is 0 Å². The van der Waals surface area contributed by atoms with Gasteiger partial charge in [0.25, 0.3) is 0 Å². The summed E-state index contributed by atoms with van der Waals surface area (Å²) in [6, 6.07) is 10.4. The Morgan fingerprint density at radius 3 is 2.20 bits per heavy atom. The molecule has 1 aromatic heterocycles. The Morgan fingerprint density at radius 1 is 0.971 bits per heavy atom. The number of anilines is 2. The molecule has 35 heavy (non-hydrogen) atoms. The number of benzene rings is 2. The average Bonchev–Trinajstić information content (AvgIpc) is 3.19. The second-order valence-electron chi connectivity index (χ2n) is 8.29. The van der Waals surface area contributed by atoms with Gasteiger partial charge in [0.05, 0.1) is 20.0 Å². The number of hydrogen-bond donors (Lipinski definition) is 2. The summed E-state index contributed by atoms with van der Waals surface area (Å²) in [6.07, 6.45) is 1.76. The summed E-state index contributed by atoms with van der Waals surface area (Å²) in [5.41, 5.74) is 1.34. The second-order valence-corrected chi connectivity index (χ2v) is 13.3. The molecule has 0 atom stereocenters. The number of thiazole rings is 1. The van der Waals surface area contributed by atoms with Crippen LogP contribution < -0.4 is 10.6 Å². The lowest BCUT2D eigenvalue weighted by Crippen LogP contribution is -2.41. The molecule has 0 spiro atoms. The lowest BCUT2D eigenvalue weighted by molar-refractivity contribution is -0.121. The zero-order valence-corrected chi connectivity index (χ0v) is 21.5. The van der Waals surface area contributed by atoms with E-state index in [9.17, 15) is 26.4 Å². The molecule has 1 aliphatic heterocycles. The number of nitrogens with one attached hydrogen (secondary N) is 2. The molecule has 0 aliphatic carbocycles. The Bertz CT molecular complexity index is 1490. The van der Waals surface area contributed by atoms with E-state index in [-0.39, 0.29) is 40.6 Å². The van der Waals surface area contributed by atoms with Crippen LogP contribution in [0.25, 0.3) is 10.2 Å². The molecule has 186 valence electrons. The summed E-state index contributed by atoms with van der Waals surface area (Å²) in [7, 11) is -7.22. The van der Waals surface area contributed by atoms with E-state index >= 15 is 0 Å². The van der Waals surface area contributed by atoms with Gasteiger partial charge in [-0.05, 0) is 55.3 Å². The maximum atomic E-state index is 13.0. The predicted molar refractivity (Wildman–Crippen MR) is 134 cm³/mol. The van der Waals surface area contributed by atoms with Gasteiger partial charge in [0.1, 0.15) is 0 Å². The third kappa shape index (κ3) is 5.69. The fraction of sp³-hybridized carbons (Fsp3) is 0.318. The molecule has 4 rings (SSSR count). The van der Waals surface area contributed by atoms with Crippen molar-refractivity contribution in [3.63, 3.8) is 0 Å². The Kier molecular flexibility index (Phi) is 6.95. The van der Waals surface area contributed by atoms with Gasteiger partial charge in [0, 0.05) is 37.9 Å². The van der Waals surface area contributed by atoms with Crippen molar-refractivity contribution in [1.29, 1.82) is 0 Å². The summed E-state index contributed by atoms with van der Waals surface area (Å²) in [5.74, 6) is -0.765. The van der Waals surface area contributed by atoms with Crippen molar-refractivity contribution < 1.29 is 26.4 Å². The van der Waals surface area contributed by atoms with E-state index in [1.165, 1.54) is 46.8 Å². The van der Waals surface area contributed by atoms with Gasteiger partial charge in [-0.15, -0.1) is 0 Å². The SMILES string of the molecule is CC(=O)Nc1ccc2nc(NC(=O)C3CCN(S(=O)(=O)c4ccc(S(C)(=O)=O)cc4)CC3)sc2c1. The first kappa shape index (κ1) is 25.2. The summed E-state index contributed by atoms with van der Waals surface area (Å²) in [4.78, 5) is 28.5. The van der Waals surface area contributed by atoms with Crippen molar-refractivity contribution in [1.82, 2.24) is 9.29 Å². The van der Waals surface area contributed by atoms with Gasteiger partial charge in [-0.3, -0.25) is 9.59 Å². The van der Waals surface area contributed by atoms with Crippen molar-refractivity contribution in [3.05, 3.63) is 42.5 Å². The number of amides is 2. The van der Waals surface area contributed by atoms with Gasteiger partial charge in [-0.25, -0.2) is 21.8 Å². The second kappa shape index (κ2) is 9.64. The van der Waals surface area contributed by atoms with Crippen LogP contribution in [0.15, 0.2) is 52.3 Å². The lowest BCUT2D eigenvalue weighted by Gasteiger charge is -2.30. The number of piperidine rings is 1. The van der Waals surface area contributed by atoms with E-state index in [4.69, 9.17) is 0 Å². The zero-order valence-electron chi connectivity index (χ0n) is 19.0. The molecule has 13 heteroatoms. The minimum atomic E-state index is -3.80. The summed E-state index contributed by atoms with van der Waals surface area (Å²) >= 11 is 1.29. The molecule has 10 nitrogen and oxygen atoms in total. The Labute approximate surface area is 207 Å². The highest BCUT2D eigenvalue weighted by atomic mass is 32.2. The van der Waals surface area contributed by atoms with Crippen molar-refractivity contribution in [3.8, 4) is 0 Å². The number of rotatable bonds is 6. The fourth-order valence-electron chi connectivity index (χ4n) is 3.83. The molecule has 0 unspecified atom stereocenters. The van der Waals surface area contributed by atoms with Gasteiger partial charge in [-0.1, -0.05) is 11.3 Å². The molecule has 2 heterocycles. The summed E-state index contributed by atoms with van der Waals surface area (Å²) < 4.78 is 51.3. The molecular formula is C22H24N4O6S3. The third-order valence-electron chi connectivity index (χ3n) is 5.65. The number of sulfonamides is 1. The van der Waals surface area contributed by atoms with Gasteiger partial charge >= 0.3 is 0 Å². The summed E-state index contributed by atoms with van der Waals surface area (Å²) in [5, 5.41) is 5.97. The molecular weight excluding hydrogens is 512 g/mol. The van der Waals surface area contributed by atoms with Crippen molar-refractivity contribution in [2.45, 2.75) is 29.6 Å². The van der Waals surface area contributed by atoms with Crippen LogP contribution >= 0.6 is 11.3 Å². The van der Waals surface area contributed by atoms with E-state index in [0.29, 0.717) is 29.2 Å². The first-order chi connectivity index (χ1) is 16.4. The molecule has 2 amide bonds. The van der Waals surface area contributed by atoms with Crippen molar-refractivity contribution in [2.75, 3.05) is 30.0 Å². The standard InChI is InChI=1S/C22H24N4O6S3/c1-14(27)23-16-3-8-19-20(13-16)33-22(24-19)25-21(28)15-9-11-26(12-10-15)35(31,32)18-6-4-17(5-7-18)34(2,29)30/h3-8,13,15H,9-12H2,1-2H3,(H,23,27)(H,24,25,28). The highest BCUT2D eigenvalue weighted by Gasteiger charge is 2.32. The number of carbonyl (C=O) groups is 2. The van der Waals surface area contributed by atoms with Crippen LogP contribution in [-0.4, -0.2) is 57.3 Å². The molecule has 1 fully saturated rings. The fourth-order valence-corrected chi connectivity index (χ4v) is 6.84. The number of fused-ring (bicyclic) bond motifs is 1. The Balaban J connectivity index is 1.38. The molecule has 0 radical (unpaired) electrons. The number of hydrogen-bond acceptors (Lipinski definition) is 8. The smallest absolute Gasteiger partial charge is 0.243 e. The monoisotopic (exact) mass is 536 g/mol. The number of nitrogens with zero attached hydrogens (tertiary/aromatic N) is 2. The molecule has 2 N–H and O–H groups in total. The molecule has 0 bridgehead atoms.